The van der Waals surface area contributed by atoms with Crippen LogP contribution in [-0.2, 0) is 11.3 Å². The molecule has 1 aliphatic heterocycles. The first-order valence-electron chi connectivity index (χ1n) is 9.91. The van der Waals surface area contributed by atoms with Gasteiger partial charge in [0.15, 0.2) is 0 Å². The minimum Gasteiger partial charge on any atom is -0.450 e. The molecule has 0 aliphatic carbocycles. The zero-order valence-electron chi connectivity index (χ0n) is 16.9. The summed E-state index contributed by atoms with van der Waals surface area (Å²) in [5.74, 6) is 0.198. The Bertz CT molecular complexity index is 835. The first-order valence-corrected chi connectivity index (χ1v) is 9.91. The van der Waals surface area contributed by atoms with Gasteiger partial charge in [-0.25, -0.2) is 14.8 Å². The number of aromatic nitrogens is 2. The van der Waals surface area contributed by atoms with Gasteiger partial charge < -0.3 is 20.3 Å². The average Bonchev–Trinajstić information content (AvgIpc) is 2.73. The van der Waals surface area contributed by atoms with E-state index in [-0.39, 0.29) is 18.0 Å². The maximum Gasteiger partial charge on any atom is 0.409 e. The number of ether oxygens (including phenoxy) is 1. The van der Waals surface area contributed by atoms with E-state index >= 15 is 0 Å². The summed E-state index contributed by atoms with van der Waals surface area (Å²) in [6, 6.07) is 11.5. The van der Waals surface area contributed by atoms with Gasteiger partial charge in [0.1, 0.15) is 5.69 Å². The zero-order valence-corrected chi connectivity index (χ0v) is 16.9. The second kappa shape index (κ2) is 9.86. The molecule has 1 aromatic carbocycles. The van der Waals surface area contributed by atoms with Gasteiger partial charge in [0.2, 0.25) is 5.95 Å². The molecule has 2 aromatic rings. The van der Waals surface area contributed by atoms with Crippen LogP contribution in [0, 0.1) is 6.92 Å². The normalized spacial score (nSPS) is 14.3. The molecule has 0 spiro atoms. The number of benzene rings is 1. The van der Waals surface area contributed by atoms with Crippen LogP contribution in [0.3, 0.4) is 0 Å². The highest BCUT2D eigenvalue weighted by Crippen LogP contribution is 2.16. The summed E-state index contributed by atoms with van der Waals surface area (Å²) in [7, 11) is 0. The van der Waals surface area contributed by atoms with E-state index in [0.717, 1.165) is 24.1 Å². The third-order valence-electron chi connectivity index (χ3n) is 4.74. The summed E-state index contributed by atoms with van der Waals surface area (Å²) >= 11 is 0. The van der Waals surface area contributed by atoms with Crippen molar-refractivity contribution in [2.75, 3.05) is 25.0 Å². The lowest BCUT2D eigenvalue weighted by Gasteiger charge is -2.31. The van der Waals surface area contributed by atoms with Gasteiger partial charge >= 0.3 is 6.09 Å². The molecule has 154 valence electrons. The predicted molar refractivity (Wildman–Crippen MR) is 110 cm³/mol. The first-order chi connectivity index (χ1) is 14.0. The molecule has 1 saturated heterocycles. The molecule has 3 rings (SSSR count). The van der Waals surface area contributed by atoms with Crippen molar-refractivity contribution in [3.8, 4) is 0 Å². The zero-order chi connectivity index (χ0) is 20.6. The minimum atomic E-state index is -0.268. The Hall–Kier alpha value is -3.16. The third-order valence-corrected chi connectivity index (χ3v) is 4.74. The lowest BCUT2D eigenvalue weighted by atomic mass is 10.1. The Morgan fingerprint density at radius 1 is 1.17 bits per heavy atom. The summed E-state index contributed by atoms with van der Waals surface area (Å²) < 4.78 is 5.05. The van der Waals surface area contributed by atoms with E-state index in [2.05, 4.69) is 20.6 Å². The molecule has 2 amide bonds. The minimum absolute atomic E-state index is 0.141. The maximum atomic E-state index is 12.5. The summed E-state index contributed by atoms with van der Waals surface area (Å²) in [4.78, 5) is 34.8. The van der Waals surface area contributed by atoms with Gasteiger partial charge in [0.25, 0.3) is 5.91 Å². The van der Waals surface area contributed by atoms with Crippen LogP contribution in [0.25, 0.3) is 0 Å². The Morgan fingerprint density at radius 2 is 1.90 bits per heavy atom. The van der Waals surface area contributed by atoms with E-state index < -0.39 is 0 Å². The number of carbonyl (C=O) groups is 2. The summed E-state index contributed by atoms with van der Waals surface area (Å²) in [5, 5.41) is 6.19. The lowest BCUT2D eigenvalue weighted by Crippen LogP contribution is -2.42. The number of nitrogens with zero attached hydrogens (tertiary/aromatic N) is 3. The third kappa shape index (κ3) is 5.91. The highest BCUT2D eigenvalue weighted by atomic mass is 16.6. The van der Waals surface area contributed by atoms with Crippen molar-refractivity contribution < 1.29 is 14.3 Å². The number of hydrogen-bond acceptors (Lipinski definition) is 6. The van der Waals surface area contributed by atoms with Crippen LogP contribution in [-0.4, -0.2) is 52.6 Å². The highest BCUT2D eigenvalue weighted by molar-refractivity contribution is 5.92. The number of nitrogens with one attached hydrogen (secondary N) is 2. The summed E-state index contributed by atoms with van der Waals surface area (Å²) in [6.07, 6.45) is 1.27. The van der Waals surface area contributed by atoms with E-state index in [1.807, 2.05) is 37.3 Å². The molecule has 0 bridgehead atoms. The van der Waals surface area contributed by atoms with Crippen molar-refractivity contribution in [3.63, 3.8) is 0 Å². The maximum absolute atomic E-state index is 12.5. The molecule has 8 nitrogen and oxygen atoms in total. The predicted octanol–water partition coefficient (Wildman–Crippen LogP) is 2.75. The number of amides is 2. The van der Waals surface area contributed by atoms with Crippen molar-refractivity contribution in [1.82, 2.24) is 20.2 Å². The Balaban J connectivity index is 1.56. The van der Waals surface area contributed by atoms with Crippen LogP contribution in [0.4, 0.5) is 10.7 Å². The van der Waals surface area contributed by atoms with Gasteiger partial charge in [-0.3, -0.25) is 4.79 Å². The van der Waals surface area contributed by atoms with Gasteiger partial charge in [-0.05, 0) is 38.3 Å². The quantitative estimate of drug-likeness (QED) is 0.778. The van der Waals surface area contributed by atoms with E-state index in [9.17, 15) is 9.59 Å². The van der Waals surface area contributed by atoms with E-state index in [0.29, 0.717) is 37.9 Å². The van der Waals surface area contributed by atoms with E-state index in [4.69, 9.17) is 4.74 Å². The van der Waals surface area contributed by atoms with Gasteiger partial charge in [-0.15, -0.1) is 0 Å². The first kappa shape index (κ1) is 20.6. The smallest absolute Gasteiger partial charge is 0.409 e. The molecule has 0 unspecified atom stereocenters. The SMILES string of the molecule is CCOC(=O)N1CCC(Nc2nc(C)cc(C(=O)NCc3ccccc3)n2)CC1. The van der Waals surface area contributed by atoms with Crippen LogP contribution in [0.15, 0.2) is 36.4 Å². The van der Waals surface area contributed by atoms with Crippen LogP contribution in [0.5, 0.6) is 0 Å². The molecule has 0 atom stereocenters. The van der Waals surface area contributed by atoms with E-state index in [1.54, 1.807) is 17.9 Å². The molecule has 2 N–H and O–H groups in total. The van der Waals surface area contributed by atoms with Gasteiger partial charge in [0, 0.05) is 31.4 Å². The Labute approximate surface area is 170 Å². The van der Waals surface area contributed by atoms with Crippen LogP contribution in [0.1, 0.15) is 41.5 Å². The van der Waals surface area contributed by atoms with E-state index in [1.165, 1.54) is 0 Å². The second-order valence-electron chi connectivity index (χ2n) is 6.99. The molecular weight excluding hydrogens is 370 g/mol. The molecule has 8 heteroatoms. The molecule has 2 heterocycles. The molecule has 1 aliphatic rings. The van der Waals surface area contributed by atoms with Crippen molar-refractivity contribution in [2.24, 2.45) is 0 Å². The molecule has 0 radical (unpaired) electrons. The molecule has 1 fully saturated rings. The number of carbonyl (C=O) groups excluding carboxylic acids is 2. The number of anilines is 1. The summed E-state index contributed by atoms with van der Waals surface area (Å²) in [6.45, 7) is 5.69. The largest absolute Gasteiger partial charge is 0.450 e. The molecule has 29 heavy (non-hydrogen) atoms. The fourth-order valence-electron chi connectivity index (χ4n) is 3.22. The number of piperidine rings is 1. The second-order valence-corrected chi connectivity index (χ2v) is 6.99. The van der Waals surface area contributed by atoms with Crippen molar-refractivity contribution >= 4 is 17.9 Å². The van der Waals surface area contributed by atoms with Crippen molar-refractivity contribution in [1.29, 1.82) is 0 Å². The number of aryl methyl sites for hydroxylation is 1. The van der Waals surface area contributed by atoms with Crippen molar-refractivity contribution in [3.05, 3.63) is 53.3 Å². The van der Waals surface area contributed by atoms with Crippen molar-refractivity contribution in [2.45, 2.75) is 39.3 Å². The lowest BCUT2D eigenvalue weighted by molar-refractivity contribution is 0.0943. The molecular formula is C21H27N5O3. The van der Waals surface area contributed by atoms with Gasteiger partial charge in [-0.2, -0.15) is 0 Å². The fourth-order valence-corrected chi connectivity index (χ4v) is 3.22. The monoisotopic (exact) mass is 397 g/mol. The number of hydrogen-bond donors (Lipinski definition) is 2. The average molecular weight is 397 g/mol. The highest BCUT2D eigenvalue weighted by Gasteiger charge is 2.24. The van der Waals surface area contributed by atoms with Crippen LogP contribution < -0.4 is 10.6 Å². The topological polar surface area (TPSA) is 96.5 Å². The number of rotatable bonds is 6. The van der Waals surface area contributed by atoms with Gasteiger partial charge in [0.05, 0.1) is 6.61 Å². The molecule has 1 aromatic heterocycles. The Morgan fingerprint density at radius 3 is 2.59 bits per heavy atom. The number of likely N-dealkylation sites (tertiary alicyclic amines) is 1. The fraction of sp³-hybridized carbons (Fsp3) is 0.429. The Kier molecular flexibility index (Phi) is 6.99. The standard InChI is InChI=1S/C21H27N5O3/c1-3-29-21(28)26-11-9-17(10-12-26)24-20-23-15(2)13-18(25-20)19(27)22-14-16-7-5-4-6-8-16/h4-8,13,17H,3,9-12,14H2,1-2H3,(H,22,27)(H,23,24,25). The van der Waals surface area contributed by atoms with Crippen LogP contribution in [0.2, 0.25) is 0 Å². The summed E-state index contributed by atoms with van der Waals surface area (Å²) in [5.41, 5.74) is 2.08. The van der Waals surface area contributed by atoms with Gasteiger partial charge in [-0.1, -0.05) is 30.3 Å². The molecule has 0 saturated carbocycles. The van der Waals surface area contributed by atoms with Crippen LogP contribution >= 0.6 is 0 Å².